The first-order chi connectivity index (χ1) is 11.8. The molecule has 2 aromatic carbocycles. The Morgan fingerprint density at radius 1 is 0.958 bits per heavy atom. The second-order valence-corrected chi connectivity index (χ2v) is 7.05. The van der Waals surface area contributed by atoms with E-state index in [1.54, 1.807) is 0 Å². The number of carbonyl (C=O) groups is 1. The van der Waals surface area contributed by atoms with Crippen molar-refractivity contribution in [3.8, 4) is 11.1 Å². The van der Waals surface area contributed by atoms with Gasteiger partial charge in [0.05, 0.1) is 6.42 Å². The monoisotopic (exact) mass is 320 g/mol. The van der Waals surface area contributed by atoms with E-state index >= 15 is 0 Å². The van der Waals surface area contributed by atoms with E-state index in [2.05, 4.69) is 46.6 Å². The summed E-state index contributed by atoms with van der Waals surface area (Å²) in [7, 11) is 0. The number of nitrogens with one attached hydrogen (secondary N) is 1. The Labute approximate surface area is 143 Å². The smallest absolute Gasteiger partial charge is 0.224 e. The molecule has 3 heteroatoms. The highest BCUT2D eigenvalue weighted by molar-refractivity contribution is 5.79. The molecular formula is C21H24N2O. The molecule has 1 amide bonds. The Morgan fingerprint density at radius 3 is 2.25 bits per heavy atom. The van der Waals surface area contributed by atoms with Gasteiger partial charge in [0.1, 0.15) is 0 Å². The Kier molecular flexibility index (Phi) is 4.35. The van der Waals surface area contributed by atoms with Gasteiger partial charge in [-0.3, -0.25) is 4.79 Å². The van der Waals surface area contributed by atoms with Crippen LogP contribution in [0.15, 0.2) is 54.6 Å². The minimum absolute atomic E-state index is 0.154. The largest absolute Gasteiger partial charge is 0.352 e. The molecule has 3 fully saturated rings. The fraction of sp³-hybridized carbons (Fsp3) is 0.381. The topological polar surface area (TPSA) is 32.3 Å². The maximum Gasteiger partial charge on any atom is 0.224 e. The summed E-state index contributed by atoms with van der Waals surface area (Å²) >= 11 is 0. The Bertz CT molecular complexity index is 688. The number of hydrogen-bond acceptors (Lipinski definition) is 2. The predicted molar refractivity (Wildman–Crippen MR) is 96.7 cm³/mol. The van der Waals surface area contributed by atoms with Crippen LogP contribution in [-0.2, 0) is 11.2 Å². The van der Waals surface area contributed by atoms with Crippen molar-refractivity contribution in [3.05, 3.63) is 60.2 Å². The molecule has 124 valence electrons. The zero-order valence-corrected chi connectivity index (χ0v) is 13.9. The molecule has 3 saturated heterocycles. The Balaban J connectivity index is 1.36. The van der Waals surface area contributed by atoms with Crippen molar-refractivity contribution in [1.29, 1.82) is 0 Å². The first-order valence-corrected chi connectivity index (χ1v) is 8.94. The molecule has 0 saturated carbocycles. The van der Waals surface area contributed by atoms with E-state index in [0.29, 0.717) is 18.4 Å². The van der Waals surface area contributed by atoms with Gasteiger partial charge in [-0.15, -0.1) is 0 Å². The van der Waals surface area contributed by atoms with E-state index in [1.807, 2.05) is 18.2 Å². The summed E-state index contributed by atoms with van der Waals surface area (Å²) < 4.78 is 0. The summed E-state index contributed by atoms with van der Waals surface area (Å²) in [5, 5.41) is 3.26. The molecule has 0 spiro atoms. The van der Waals surface area contributed by atoms with Crippen LogP contribution >= 0.6 is 0 Å². The van der Waals surface area contributed by atoms with Crippen molar-refractivity contribution in [2.24, 2.45) is 5.92 Å². The first-order valence-electron chi connectivity index (χ1n) is 8.94. The SMILES string of the molecule is O=C(Cc1ccc(-c2ccccc2)cc1)NC1CN2CCC1CC2. The van der Waals surface area contributed by atoms with Crippen LogP contribution in [0.5, 0.6) is 0 Å². The van der Waals surface area contributed by atoms with Crippen molar-refractivity contribution >= 4 is 5.91 Å². The third-order valence-electron chi connectivity index (χ3n) is 5.43. The van der Waals surface area contributed by atoms with Crippen molar-refractivity contribution in [2.75, 3.05) is 19.6 Å². The lowest BCUT2D eigenvalue weighted by molar-refractivity contribution is -0.122. The second kappa shape index (κ2) is 6.78. The number of carbonyl (C=O) groups excluding carboxylic acids is 1. The third kappa shape index (κ3) is 3.36. The zero-order chi connectivity index (χ0) is 16.4. The molecule has 0 radical (unpaired) electrons. The molecule has 24 heavy (non-hydrogen) atoms. The molecule has 1 N–H and O–H groups in total. The summed E-state index contributed by atoms with van der Waals surface area (Å²) in [6, 6.07) is 19.0. The fourth-order valence-electron chi connectivity index (χ4n) is 4.02. The average Bonchev–Trinajstić information content (AvgIpc) is 2.64. The van der Waals surface area contributed by atoms with E-state index in [4.69, 9.17) is 0 Å². The Hall–Kier alpha value is -2.13. The van der Waals surface area contributed by atoms with E-state index in [1.165, 1.54) is 37.1 Å². The molecule has 3 aliphatic rings. The number of rotatable bonds is 4. The molecule has 3 heterocycles. The van der Waals surface area contributed by atoms with Gasteiger partial charge in [0, 0.05) is 12.6 Å². The van der Waals surface area contributed by atoms with Crippen LogP contribution in [0.1, 0.15) is 18.4 Å². The lowest BCUT2D eigenvalue weighted by Crippen LogP contribution is -2.57. The van der Waals surface area contributed by atoms with Crippen molar-refractivity contribution in [3.63, 3.8) is 0 Å². The summed E-state index contributed by atoms with van der Waals surface area (Å²) in [6.45, 7) is 3.44. The van der Waals surface area contributed by atoms with E-state index < -0.39 is 0 Å². The predicted octanol–water partition coefficient (Wildman–Crippen LogP) is 3.11. The van der Waals surface area contributed by atoms with Crippen LogP contribution in [-0.4, -0.2) is 36.5 Å². The van der Waals surface area contributed by atoms with Crippen LogP contribution in [0.4, 0.5) is 0 Å². The highest BCUT2D eigenvalue weighted by Gasteiger charge is 2.34. The molecule has 1 atom stereocenters. The molecule has 0 aromatic heterocycles. The van der Waals surface area contributed by atoms with Crippen LogP contribution in [0, 0.1) is 5.92 Å². The lowest BCUT2D eigenvalue weighted by atomic mass is 9.84. The van der Waals surface area contributed by atoms with Crippen molar-refractivity contribution in [1.82, 2.24) is 10.2 Å². The molecule has 0 aliphatic carbocycles. The van der Waals surface area contributed by atoms with Gasteiger partial charge < -0.3 is 10.2 Å². The van der Waals surface area contributed by atoms with Gasteiger partial charge in [-0.2, -0.15) is 0 Å². The summed E-state index contributed by atoms with van der Waals surface area (Å²) in [5.41, 5.74) is 3.48. The molecular weight excluding hydrogens is 296 g/mol. The highest BCUT2D eigenvalue weighted by Crippen LogP contribution is 2.27. The van der Waals surface area contributed by atoms with Crippen molar-refractivity contribution < 1.29 is 4.79 Å². The van der Waals surface area contributed by atoms with Gasteiger partial charge in [0.2, 0.25) is 5.91 Å². The number of fused-ring (bicyclic) bond motifs is 3. The van der Waals surface area contributed by atoms with Crippen molar-refractivity contribution in [2.45, 2.75) is 25.3 Å². The highest BCUT2D eigenvalue weighted by atomic mass is 16.1. The summed E-state index contributed by atoms with van der Waals surface area (Å²) in [6.07, 6.45) is 2.94. The summed E-state index contributed by atoms with van der Waals surface area (Å²) in [4.78, 5) is 14.9. The molecule has 3 nitrogen and oxygen atoms in total. The zero-order valence-electron chi connectivity index (χ0n) is 13.9. The van der Waals surface area contributed by atoms with Gasteiger partial charge in [0.15, 0.2) is 0 Å². The van der Waals surface area contributed by atoms with E-state index in [-0.39, 0.29) is 5.91 Å². The maximum absolute atomic E-state index is 12.4. The minimum atomic E-state index is 0.154. The summed E-state index contributed by atoms with van der Waals surface area (Å²) in [5.74, 6) is 0.834. The Morgan fingerprint density at radius 2 is 1.62 bits per heavy atom. The number of benzene rings is 2. The number of piperidine rings is 3. The number of hydrogen-bond donors (Lipinski definition) is 1. The standard InChI is InChI=1S/C21H24N2O/c24-21(22-20-15-23-12-10-19(20)11-13-23)14-16-6-8-18(9-7-16)17-4-2-1-3-5-17/h1-9,19-20H,10-15H2,(H,22,24). The molecule has 2 aromatic rings. The van der Waals surface area contributed by atoms with Gasteiger partial charge in [0.25, 0.3) is 0 Å². The van der Waals surface area contributed by atoms with Gasteiger partial charge in [-0.05, 0) is 48.5 Å². The van der Waals surface area contributed by atoms with E-state index in [0.717, 1.165) is 12.1 Å². The first kappa shape index (κ1) is 15.4. The molecule has 5 rings (SSSR count). The van der Waals surface area contributed by atoms with Crippen LogP contribution in [0.3, 0.4) is 0 Å². The third-order valence-corrected chi connectivity index (χ3v) is 5.43. The van der Waals surface area contributed by atoms with Gasteiger partial charge in [-0.25, -0.2) is 0 Å². The maximum atomic E-state index is 12.4. The quantitative estimate of drug-likeness (QED) is 0.939. The lowest BCUT2D eigenvalue weighted by Gasteiger charge is -2.44. The average molecular weight is 320 g/mol. The van der Waals surface area contributed by atoms with Crippen LogP contribution in [0.2, 0.25) is 0 Å². The number of nitrogens with zero attached hydrogens (tertiary/aromatic N) is 1. The van der Waals surface area contributed by atoms with Crippen LogP contribution < -0.4 is 5.32 Å². The molecule has 1 unspecified atom stereocenters. The van der Waals surface area contributed by atoms with Gasteiger partial charge >= 0.3 is 0 Å². The normalized spacial score (nSPS) is 25.4. The minimum Gasteiger partial charge on any atom is -0.352 e. The fourth-order valence-corrected chi connectivity index (χ4v) is 4.02. The van der Waals surface area contributed by atoms with Crippen LogP contribution in [0.25, 0.3) is 11.1 Å². The molecule has 2 bridgehead atoms. The molecule has 3 aliphatic heterocycles. The van der Waals surface area contributed by atoms with Gasteiger partial charge in [-0.1, -0.05) is 54.6 Å². The second-order valence-electron chi connectivity index (χ2n) is 7.05. The van der Waals surface area contributed by atoms with E-state index in [9.17, 15) is 4.79 Å². The number of amides is 1.